The number of rotatable bonds is 7. The van der Waals surface area contributed by atoms with Crippen LogP contribution in [0.2, 0.25) is 0 Å². The Kier molecular flexibility index (Phi) is 4.43. The standard InChI is InChI=1S/C15H22N2O2/c1-11-3-7-13(8-4-11)17(2)10-9-14(15(18)19)16-12-5-6-12/h3-4,7-8,12,14,16H,5-6,9-10H2,1-2H3,(H,18,19). The molecule has 1 aliphatic carbocycles. The monoisotopic (exact) mass is 262 g/mol. The van der Waals surface area contributed by atoms with E-state index in [1.807, 2.05) is 7.05 Å². The first-order valence-electron chi connectivity index (χ1n) is 6.83. The van der Waals surface area contributed by atoms with Gasteiger partial charge in [-0.15, -0.1) is 0 Å². The number of nitrogens with zero attached hydrogens (tertiary/aromatic N) is 1. The molecule has 0 amide bonds. The van der Waals surface area contributed by atoms with Crippen LogP contribution in [0.3, 0.4) is 0 Å². The van der Waals surface area contributed by atoms with Crippen molar-refractivity contribution in [2.75, 3.05) is 18.5 Å². The van der Waals surface area contributed by atoms with Crippen LogP contribution in [0.15, 0.2) is 24.3 Å². The van der Waals surface area contributed by atoms with Crippen molar-refractivity contribution in [3.8, 4) is 0 Å². The first kappa shape index (κ1) is 13.9. The van der Waals surface area contributed by atoms with Gasteiger partial charge in [0.15, 0.2) is 0 Å². The lowest BCUT2D eigenvalue weighted by Crippen LogP contribution is -2.40. The molecule has 104 valence electrons. The van der Waals surface area contributed by atoms with Crippen molar-refractivity contribution in [2.24, 2.45) is 0 Å². The highest BCUT2D eigenvalue weighted by Gasteiger charge is 2.28. The third-order valence-corrected chi connectivity index (χ3v) is 3.54. The number of anilines is 1. The number of nitrogens with one attached hydrogen (secondary N) is 1. The zero-order valence-electron chi connectivity index (χ0n) is 11.6. The third-order valence-electron chi connectivity index (χ3n) is 3.54. The summed E-state index contributed by atoms with van der Waals surface area (Å²) in [7, 11) is 2.00. The molecule has 0 aromatic heterocycles. The van der Waals surface area contributed by atoms with Crippen molar-refractivity contribution in [1.29, 1.82) is 0 Å². The fourth-order valence-corrected chi connectivity index (χ4v) is 2.06. The molecule has 2 N–H and O–H groups in total. The number of benzene rings is 1. The van der Waals surface area contributed by atoms with E-state index in [9.17, 15) is 9.90 Å². The van der Waals surface area contributed by atoms with E-state index in [1.165, 1.54) is 5.56 Å². The van der Waals surface area contributed by atoms with E-state index in [2.05, 4.69) is 41.4 Å². The second-order valence-corrected chi connectivity index (χ2v) is 5.38. The molecule has 1 fully saturated rings. The predicted molar refractivity (Wildman–Crippen MR) is 76.6 cm³/mol. The van der Waals surface area contributed by atoms with Crippen LogP contribution in [-0.2, 0) is 4.79 Å². The topological polar surface area (TPSA) is 52.6 Å². The summed E-state index contributed by atoms with van der Waals surface area (Å²) in [5, 5.41) is 12.4. The van der Waals surface area contributed by atoms with Gasteiger partial charge < -0.3 is 15.3 Å². The summed E-state index contributed by atoms with van der Waals surface area (Å²) in [6, 6.07) is 8.27. The van der Waals surface area contributed by atoms with Crippen LogP contribution in [0, 0.1) is 6.92 Å². The maximum Gasteiger partial charge on any atom is 0.320 e. The van der Waals surface area contributed by atoms with E-state index in [-0.39, 0.29) is 0 Å². The summed E-state index contributed by atoms with van der Waals surface area (Å²) in [5.74, 6) is -0.746. The van der Waals surface area contributed by atoms with Gasteiger partial charge in [-0.1, -0.05) is 17.7 Å². The van der Waals surface area contributed by atoms with Gasteiger partial charge in [0.05, 0.1) is 0 Å². The van der Waals surface area contributed by atoms with Crippen molar-refractivity contribution < 1.29 is 9.90 Å². The Morgan fingerprint density at radius 2 is 2.05 bits per heavy atom. The lowest BCUT2D eigenvalue weighted by Gasteiger charge is -2.22. The van der Waals surface area contributed by atoms with Crippen LogP contribution in [0.1, 0.15) is 24.8 Å². The molecular formula is C15H22N2O2. The van der Waals surface area contributed by atoms with Gasteiger partial charge in [-0.05, 0) is 38.3 Å². The number of carboxylic acid groups (broad SMARTS) is 1. The fourth-order valence-electron chi connectivity index (χ4n) is 2.06. The Hall–Kier alpha value is -1.55. The molecule has 4 nitrogen and oxygen atoms in total. The van der Waals surface area contributed by atoms with Crippen LogP contribution in [-0.4, -0.2) is 36.8 Å². The number of aliphatic carboxylic acids is 1. The molecule has 0 radical (unpaired) electrons. The smallest absolute Gasteiger partial charge is 0.320 e. The number of hydrogen-bond acceptors (Lipinski definition) is 3. The molecule has 1 unspecified atom stereocenters. The van der Waals surface area contributed by atoms with Crippen molar-refractivity contribution in [3.63, 3.8) is 0 Å². The predicted octanol–water partition coefficient (Wildman–Crippen LogP) is 2.03. The lowest BCUT2D eigenvalue weighted by molar-refractivity contribution is -0.139. The van der Waals surface area contributed by atoms with E-state index in [4.69, 9.17) is 0 Å². The molecular weight excluding hydrogens is 240 g/mol. The Morgan fingerprint density at radius 3 is 2.58 bits per heavy atom. The maximum atomic E-state index is 11.2. The molecule has 0 spiro atoms. The minimum atomic E-state index is -0.746. The molecule has 0 bridgehead atoms. The highest BCUT2D eigenvalue weighted by molar-refractivity contribution is 5.73. The van der Waals surface area contributed by atoms with E-state index in [0.717, 1.165) is 25.1 Å². The Labute approximate surface area is 114 Å². The first-order valence-corrected chi connectivity index (χ1v) is 6.83. The average molecular weight is 262 g/mol. The minimum Gasteiger partial charge on any atom is -0.480 e. The summed E-state index contributed by atoms with van der Waals surface area (Å²) in [6.45, 7) is 2.80. The van der Waals surface area contributed by atoms with Crippen LogP contribution >= 0.6 is 0 Å². The van der Waals surface area contributed by atoms with Crippen molar-refractivity contribution in [3.05, 3.63) is 29.8 Å². The number of aryl methyl sites for hydroxylation is 1. The molecule has 1 aliphatic rings. The Bertz CT molecular complexity index is 426. The highest BCUT2D eigenvalue weighted by Crippen LogP contribution is 2.20. The van der Waals surface area contributed by atoms with Gasteiger partial charge in [-0.25, -0.2) is 0 Å². The van der Waals surface area contributed by atoms with E-state index >= 15 is 0 Å². The molecule has 0 aliphatic heterocycles. The Morgan fingerprint density at radius 1 is 1.42 bits per heavy atom. The third kappa shape index (κ3) is 4.24. The van der Waals surface area contributed by atoms with Crippen LogP contribution in [0.25, 0.3) is 0 Å². The molecule has 1 atom stereocenters. The molecule has 4 heteroatoms. The molecule has 1 aromatic rings. The molecule has 1 aromatic carbocycles. The van der Waals surface area contributed by atoms with Crippen molar-refractivity contribution in [1.82, 2.24) is 5.32 Å². The maximum absolute atomic E-state index is 11.2. The van der Waals surface area contributed by atoms with Gasteiger partial charge >= 0.3 is 5.97 Å². The fraction of sp³-hybridized carbons (Fsp3) is 0.533. The number of hydrogen-bond donors (Lipinski definition) is 2. The molecule has 1 saturated carbocycles. The summed E-state index contributed by atoms with van der Waals surface area (Å²) in [6.07, 6.45) is 2.84. The average Bonchev–Trinajstić information content (AvgIpc) is 3.18. The normalized spacial score (nSPS) is 16.1. The first-order chi connectivity index (χ1) is 9.06. The second kappa shape index (κ2) is 6.06. The lowest BCUT2D eigenvalue weighted by atomic mass is 10.1. The van der Waals surface area contributed by atoms with Crippen molar-refractivity contribution in [2.45, 2.75) is 38.3 Å². The molecule has 0 heterocycles. The second-order valence-electron chi connectivity index (χ2n) is 5.38. The summed E-state index contributed by atoms with van der Waals surface area (Å²) in [5.41, 5.74) is 2.36. The summed E-state index contributed by atoms with van der Waals surface area (Å²) >= 11 is 0. The van der Waals surface area contributed by atoms with Gasteiger partial charge in [0.2, 0.25) is 0 Å². The van der Waals surface area contributed by atoms with Crippen LogP contribution in [0.4, 0.5) is 5.69 Å². The van der Waals surface area contributed by atoms with E-state index < -0.39 is 12.0 Å². The Balaban J connectivity index is 1.85. The van der Waals surface area contributed by atoms with Gasteiger partial charge in [0.25, 0.3) is 0 Å². The van der Waals surface area contributed by atoms with Gasteiger partial charge in [-0.2, -0.15) is 0 Å². The summed E-state index contributed by atoms with van der Waals surface area (Å²) in [4.78, 5) is 13.3. The van der Waals surface area contributed by atoms with Crippen LogP contribution < -0.4 is 10.2 Å². The number of carboxylic acids is 1. The zero-order valence-corrected chi connectivity index (χ0v) is 11.6. The minimum absolute atomic E-state index is 0.422. The van der Waals surface area contributed by atoms with Crippen LogP contribution in [0.5, 0.6) is 0 Å². The molecule has 0 saturated heterocycles. The van der Waals surface area contributed by atoms with Gasteiger partial charge in [0.1, 0.15) is 6.04 Å². The quantitative estimate of drug-likeness (QED) is 0.789. The van der Waals surface area contributed by atoms with Crippen molar-refractivity contribution >= 4 is 11.7 Å². The largest absolute Gasteiger partial charge is 0.480 e. The summed E-state index contributed by atoms with van der Waals surface area (Å²) < 4.78 is 0. The molecule has 2 rings (SSSR count). The number of carbonyl (C=O) groups is 1. The highest BCUT2D eigenvalue weighted by atomic mass is 16.4. The zero-order chi connectivity index (χ0) is 13.8. The van der Waals surface area contributed by atoms with E-state index in [1.54, 1.807) is 0 Å². The van der Waals surface area contributed by atoms with Gasteiger partial charge in [0, 0.05) is 25.3 Å². The van der Waals surface area contributed by atoms with Gasteiger partial charge in [-0.3, -0.25) is 4.79 Å². The molecule has 19 heavy (non-hydrogen) atoms. The SMILES string of the molecule is Cc1ccc(N(C)CCC(NC2CC2)C(=O)O)cc1. The van der Waals surface area contributed by atoms with E-state index in [0.29, 0.717) is 12.5 Å².